The van der Waals surface area contributed by atoms with E-state index in [1.54, 1.807) is 0 Å². The molecule has 62 valence electrons. The second-order valence-electron chi connectivity index (χ2n) is 2.57. The molecule has 0 unspecified atom stereocenters. The van der Waals surface area contributed by atoms with Crippen molar-refractivity contribution in [3.05, 3.63) is 60.8 Å². The van der Waals surface area contributed by atoms with Crippen molar-refractivity contribution in [3.8, 4) is 0 Å². The number of hydrogen-bond donors (Lipinski definition) is 0. The van der Waals surface area contributed by atoms with Crippen LogP contribution in [0.1, 0.15) is 12.8 Å². The lowest BCUT2D eigenvalue weighted by molar-refractivity contribution is 1.31. The molecule has 0 saturated carbocycles. The van der Waals surface area contributed by atoms with Gasteiger partial charge in [-0.1, -0.05) is 60.8 Å². The average molecular weight is 158 g/mol. The lowest BCUT2D eigenvalue weighted by atomic mass is 10.2. The van der Waals surface area contributed by atoms with E-state index >= 15 is 0 Å². The van der Waals surface area contributed by atoms with Gasteiger partial charge in [0.2, 0.25) is 0 Å². The van der Waals surface area contributed by atoms with E-state index in [-0.39, 0.29) is 0 Å². The SMILES string of the molecule is C1=CC/C=C/C=C\C=C\C=C/C1. The Morgan fingerprint density at radius 2 is 0.833 bits per heavy atom. The molecule has 0 heteroatoms. The normalized spacial score (nSPS) is 28.0. The minimum absolute atomic E-state index is 1.03. The molecular weight excluding hydrogens is 144 g/mol. The van der Waals surface area contributed by atoms with E-state index in [1.807, 2.05) is 24.3 Å². The second kappa shape index (κ2) is 6.41. The van der Waals surface area contributed by atoms with Gasteiger partial charge >= 0.3 is 0 Å². The second-order valence-corrected chi connectivity index (χ2v) is 2.57. The van der Waals surface area contributed by atoms with Crippen molar-refractivity contribution in [2.45, 2.75) is 12.8 Å². The summed E-state index contributed by atoms with van der Waals surface area (Å²) in [6.07, 6.45) is 23.0. The summed E-state index contributed by atoms with van der Waals surface area (Å²) in [5.41, 5.74) is 0. The summed E-state index contributed by atoms with van der Waals surface area (Å²) in [5.74, 6) is 0. The van der Waals surface area contributed by atoms with E-state index in [2.05, 4.69) is 36.5 Å². The molecule has 0 aromatic carbocycles. The van der Waals surface area contributed by atoms with Crippen molar-refractivity contribution in [2.24, 2.45) is 0 Å². The first-order valence-corrected chi connectivity index (χ1v) is 4.30. The first kappa shape index (κ1) is 8.79. The number of hydrogen-bond acceptors (Lipinski definition) is 0. The van der Waals surface area contributed by atoms with E-state index < -0.39 is 0 Å². The first-order chi connectivity index (χ1) is 6.00. The monoisotopic (exact) mass is 158 g/mol. The summed E-state index contributed by atoms with van der Waals surface area (Å²) in [4.78, 5) is 0. The van der Waals surface area contributed by atoms with Gasteiger partial charge in [-0.2, -0.15) is 0 Å². The van der Waals surface area contributed by atoms with Gasteiger partial charge in [0.25, 0.3) is 0 Å². The standard InChI is InChI=1S/C12H14/c1-2-4-6-8-10-12-11-9-7-5-3-1/h1-8,11-12H,9-10H2/b3-1-,4-2+,7-5+,8-6-,12-11?. The molecule has 0 fully saturated rings. The summed E-state index contributed by atoms with van der Waals surface area (Å²) < 4.78 is 0. The molecule has 0 saturated heterocycles. The van der Waals surface area contributed by atoms with Crippen LogP contribution in [0.2, 0.25) is 0 Å². The molecule has 0 N–H and O–H groups in total. The van der Waals surface area contributed by atoms with Crippen LogP contribution in [0.15, 0.2) is 60.8 Å². The van der Waals surface area contributed by atoms with Gasteiger partial charge in [-0.05, 0) is 12.8 Å². The molecule has 0 heterocycles. The molecule has 0 radical (unpaired) electrons. The third kappa shape index (κ3) is 4.51. The van der Waals surface area contributed by atoms with Crippen LogP contribution in [-0.2, 0) is 0 Å². The molecule has 1 rings (SSSR count). The third-order valence-electron chi connectivity index (χ3n) is 1.54. The van der Waals surface area contributed by atoms with Gasteiger partial charge in [0.1, 0.15) is 0 Å². The fourth-order valence-corrected chi connectivity index (χ4v) is 0.920. The van der Waals surface area contributed by atoms with Crippen LogP contribution >= 0.6 is 0 Å². The topological polar surface area (TPSA) is 0 Å². The van der Waals surface area contributed by atoms with Crippen molar-refractivity contribution < 1.29 is 0 Å². The predicted octanol–water partition coefficient (Wildman–Crippen LogP) is 3.56. The summed E-state index contributed by atoms with van der Waals surface area (Å²) >= 11 is 0. The molecule has 0 bridgehead atoms. The number of rotatable bonds is 0. The van der Waals surface area contributed by atoms with Gasteiger partial charge in [0.15, 0.2) is 0 Å². The molecular formula is C12H14. The summed E-state index contributed by atoms with van der Waals surface area (Å²) in [7, 11) is 0. The fourth-order valence-electron chi connectivity index (χ4n) is 0.920. The molecule has 0 atom stereocenters. The molecule has 1 aliphatic carbocycles. The van der Waals surface area contributed by atoms with E-state index in [1.165, 1.54) is 0 Å². The van der Waals surface area contributed by atoms with Gasteiger partial charge in [0, 0.05) is 0 Å². The Balaban J connectivity index is 2.55. The first-order valence-electron chi connectivity index (χ1n) is 4.30. The number of allylic oxidation sites excluding steroid dienone is 10. The van der Waals surface area contributed by atoms with Gasteiger partial charge in [-0.25, -0.2) is 0 Å². The molecule has 0 aliphatic heterocycles. The van der Waals surface area contributed by atoms with Crippen LogP contribution < -0.4 is 0 Å². The van der Waals surface area contributed by atoms with E-state index in [0.717, 1.165) is 12.8 Å². The van der Waals surface area contributed by atoms with Crippen LogP contribution in [0.5, 0.6) is 0 Å². The summed E-state index contributed by atoms with van der Waals surface area (Å²) in [6, 6.07) is 0. The van der Waals surface area contributed by atoms with Crippen LogP contribution in [0.4, 0.5) is 0 Å². The molecule has 0 amide bonds. The van der Waals surface area contributed by atoms with E-state index in [0.29, 0.717) is 0 Å². The maximum absolute atomic E-state index is 2.18. The Bertz CT molecular complexity index is 211. The largest absolute Gasteiger partial charge is 0.0844 e. The molecule has 0 nitrogen and oxygen atoms in total. The highest BCUT2D eigenvalue weighted by molar-refractivity contribution is 5.16. The highest BCUT2D eigenvalue weighted by Gasteiger charge is 1.72. The van der Waals surface area contributed by atoms with E-state index in [9.17, 15) is 0 Å². The van der Waals surface area contributed by atoms with Crippen molar-refractivity contribution in [2.75, 3.05) is 0 Å². The van der Waals surface area contributed by atoms with Crippen LogP contribution in [0.3, 0.4) is 0 Å². The smallest absolute Gasteiger partial charge is 0.0166 e. The van der Waals surface area contributed by atoms with E-state index in [4.69, 9.17) is 0 Å². The predicted molar refractivity (Wildman–Crippen MR) is 54.9 cm³/mol. The minimum Gasteiger partial charge on any atom is -0.0844 e. The summed E-state index contributed by atoms with van der Waals surface area (Å²) in [5, 5.41) is 0. The Kier molecular flexibility index (Phi) is 4.70. The zero-order valence-electron chi connectivity index (χ0n) is 7.19. The van der Waals surface area contributed by atoms with Crippen LogP contribution in [0, 0.1) is 0 Å². The highest BCUT2D eigenvalue weighted by atomic mass is 13.8. The summed E-state index contributed by atoms with van der Waals surface area (Å²) in [6.45, 7) is 0. The van der Waals surface area contributed by atoms with Crippen molar-refractivity contribution >= 4 is 0 Å². The fraction of sp³-hybridized carbons (Fsp3) is 0.167. The molecule has 12 heavy (non-hydrogen) atoms. The molecule has 0 aromatic rings. The van der Waals surface area contributed by atoms with Crippen molar-refractivity contribution in [1.82, 2.24) is 0 Å². The van der Waals surface area contributed by atoms with Gasteiger partial charge in [-0.15, -0.1) is 0 Å². The van der Waals surface area contributed by atoms with Crippen LogP contribution in [-0.4, -0.2) is 0 Å². The molecule has 0 spiro atoms. The maximum atomic E-state index is 2.18. The average Bonchev–Trinajstić information content (AvgIpc) is 2.05. The van der Waals surface area contributed by atoms with Crippen molar-refractivity contribution in [1.29, 1.82) is 0 Å². The van der Waals surface area contributed by atoms with Crippen molar-refractivity contribution in [3.63, 3.8) is 0 Å². The lowest BCUT2D eigenvalue weighted by Crippen LogP contribution is -1.62. The zero-order chi connectivity index (χ0) is 8.49. The Hall–Kier alpha value is -1.30. The Morgan fingerprint density at radius 1 is 0.417 bits per heavy atom. The maximum Gasteiger partial charge on any atom is -0.0166 e. The molecule has 0 aromatic heterocycles. The Labute approximate surface area is 74.3 Å². The molecule has 1 aliphatic rings. The Morgan fingerprint density at radius 3 is 1.33 bits per heavy atom. The lowest BCUT2D eigenvalue weighted by Gasteiger charge is -1.83. The van der Waals surface area contributed by atoms with Gasteiger partial charge < -0.3 is 0 Å². The third-order valence-corrected chi connectivity index (χ3v) is 1.54. The van der Waals surface area contributed by atoms with Gasteiger partial charge in [-0.3, -0.25) is 0 Å². The highest BCUT2D eigenvalue weighted by Crippen LogP contribution is 1.93. The quantitative estimate of drug-likeness (QED) is 0.473. The van der Waals surface area contributed by atoms with Gasteiger partial charge in [0.05, 0.1) is 0 Å². The minimum atomic E-state index is 1.03. The zero-order valence-corrected chi connectivity index (χ0v) is 7.19. The van der Waals surface area contributed by atoms with Crippen LogP contribution in [0.25, 0.3) is 0 Å².